The number of imidazole rings is 1. The molecular formula is C13H17N3O2S. The van der Waals surface area contributed by atoms with Crippen LogP contribution in [0.25, 0.3) is 0 Å². The van der Waals surface area contributed by atoms with Gasteiger partial charge in [0.05, 0.1) is 13.7 Å². The Morgan fingerprint density at radius 1 is 1.58 bits per heavy atom. The summed E-state index contributed by atoms with van der Waals surface area (Å²) in [5.74, 6) is 0.677. The summed E-state index contributed by atoms with van der Waals surface area (Å²) < 4.78 is 6.58. The van der Waals surface area contributed by atoms with Crippen molar-refractivity contribution in [2.24, 2.45) is 0 Å². The third kappa shape index (κ3) is 2.49. The van der Waals surface area contributed by atoms with Gasteiger partial charge in [-0.05, 0) is 23.9 Å². The highest BCUT2D eigenvalue weighted by Crippen LogP contribution is 2.22. The van der Waals surface area contributed by atoms with Crippen molar-refractivity contribution in [2.45, 2.75) is 26.8 Å². The van der Waals surface area contributed by atoms with Crippen LogP contribution in [0.1, 0.15) is 33.7 Å². The molecule has 0 saturated carbocycles. The normalized spacial score (nSPS) is 10.7. The second-order valence-corrected chi connectivity index (χ2v) is 5.22. The molecule has 0 radical (unpaired) electrons. The number of hydrogen-bond donors (Lipinski definition) is 1. The van der Waals surface area contributed by atoms with Gasteiger partial charge in [0.2, 0.25) is 0 Å². The molecule has 0 aliphatic heterocycles. The van der Waals surface area contributed by atoms with Gasteiger partial charge in [0.15, 0.2) is 5.69 Å². The molecule has 19 heavy (non-hydrogen) atoms. The standard InChI is InChI=1S/C13H17N3O2S/c1-4-10-15-11(13(17)18-3)12(14)16(10)7-9-8(2)5-6-19-9/h5-6H,4,7,14H2,1-3H3. The molecule has 2 aromatic heterocycles. The first-order chi connectivity index (χ1) is 9.08. The molecule has 102 valence electrons. The van der Waals surface area contributed by atoms with Gasteiger partial charge in [0.25, 0.3) is 0 Å². The minimum atomic E-state index is -0.492. The smallest absolute Gasteiger partial charge is 0.360 e. The highest BCUT2D eigenvalue weighted by atomic mass is 32.1. The van der Waals surface area contributed by atoms with E-state index in [2.05, 4.69) is 18.0 Å². The van der Waals surface area contributed by atoms with E-state index in [9.17, 15) is 4.79 Å². The van der Waals surface area contributed by atoms with Crippen molar-refractivity contribution < 1.29 is 9.53 Å². The fraction of sp³-hybridized carbons (Fsp3) is 0.385. The third-order valence-electron chi connectivity index (χ3n) is 3.05. The Kier molecular flexibility index (Phi) is 3.90. The average molecular weight is 279 g/mol. The molecular weight excluding hydrogens is 262 g/mol. The molecule has 5 nitrogen and oxygen atoms in total. The minimum absolute atomic E-state index is 0.202. The number of methoxy groups -OCH3 is 1. The van der Waals surface area contributed by atoms with Crippen molar-refractivity contribution in [1.29, 1.82) is 0 Å². The van der Waals surface area contributed by atoms with E-state index >= 15 is 0 Å². The Bertz CT molecular complexity index is 601. The van der Waals surface area contributed by atoms with Crippen LogP contribution in [0.5, 0.6) is 0 Å². The number of esters is 1. The molecule has 0 saturated heterocycles. The number of carbonyl (C=O) groups excluding carboxylic acids is 1. The number of ether oxygens (including phenoxy) is 1. The molecule has 0 aliphatic carbocycles. The lowest BCUT2D eigenvalue weighted by Gasteiger charge is -2.08. The summed E-state index contributed by atoms with van der Waals surface area (Å²) in [4.78, 5) is 17.1. The maximum Gasteiger partial charge on any atom is 0.360 e. The zero-order valence-electron chi connectivity index (χ0n) is 11.3. The van der Waals surface area contributed by atoms with Crippen LogP contribution in [0.2, 0.25) is 0 Å². The summed E-state index contributed by atoms with van der Waals surface area (Å²) in [7, 11) is 1.33. The Hall–Kier alpha value is -1.82. The average Bonchev–Trinajstić information content (AvgIpc) is 2.95. The Morgan fingerprint density at radius 3 is 2.84 bits per heavy atom. The summed E-state index contributed by atoms with van der Waals surface area (Å²) in [5, 5.41) is 2.05. The van der Waals surface area contributed by atoms with E-state index in [-0.39, 0.29) is 5.69 Å². The summed E-state index contributed by atoms with van der Waals surface area (Å²) >= 11 is 1.68. The monoisotopic (exact) mass is 279 g/mol. The van der Waals surface area contributed by atoms with Crippen molar-refractivity contribution in [1.82, 2.24) is 9.55 Å². The number of nitrogens with zero attached hydrogens (tertiary/aromatic N) is 2. The first-order valence-corrected chi connectivity index (χ1v) is 6.92. The van der Waals surface area contributed by atoms with Gasteiger partial charge in [-0.15, -0.1) is 11.3 Å². The quantitative estimate of drug-likeness (QED) is 0.871. The molecule has 2 heterocycles. The molecule has 0 aliphatic rings. The van der Waals surface area contributed by atoms with Gasteiger partial charge in [0.1, 0.15) is 11.6 Å². The van der Waals surface area contributed by atoms with Crippen LogP contribution in [0.15, 0.2) is 11.4 Å². The van der Waals surface area contributed by atoms with Gasteiger partial charge < -0.3 is 15.0 Å². The first-order valence-electron chi connectivity index (χ1n) is 6.04. The number of nitrogen functional groups attached to an aromatic ring is 1. The topological polar surface area (TPSA) is 70.1 Å². The van der Waals surface area contributed by atoms with E-state index in [1.807, 2.05) is 16.9 Å². The zero-order chi connectivity index (χ0) is 14.0. The van der Waals surface area contributed by atoms with Crippen LogP contribution >= 0.6 is 11.3 Å². The molecule has 2 N–H and O–H groups in total. The zero-order valence-corrected chi connectivity index (χ0v) is 12.1. The van der Waals surface area contributed by atoms with Crippen molar-refractivity contribution in [2.75, 3.05) is 12.8 Å². The third-order valence-corrected chi connectivity index (χ3v) is 4.06. The summed E-state index contributed by atoms with van der Waals surface area (Å²) in [6.45, 7) is 4.69. The van der Waals surface area contributed by atoms with E-state index in [1.54, 1.807) is 11.3 Å². The van der Waals surface area contributed by atoms with E-state index in [4.69, 9.17) is 10.5 Å². The van der Waals surface area contributed by atoms with Crippen molar-refractivity contribution in [3.63, 3.8) is 0 Å². The molecule has 0 spiro atoms. The van der Waals surface area contributed by atoms with Crippen LogP contribution < -0.4 is 5.73 Å². The van der Waals surface area contributed by atoms with Gasteiger partial charge in [-0.3, -0.25) is 0 Å². The second kappa shape index (κ2) is 5.44. The van der Waals surface area contributed by atoms with Gasteiger partial charge >= 0.3 is 5.97 Å². The number of aromatic nitrogens is 2. The Morgan fingerprint density at radius 2 is 2.32 bits per heavy atom. The molecule has 2 rings (SSSR count). The van der Waals surface area contributed by atoms with Crippen molar-refractivity contribution in [3.05, 3.63) is 33.4 Å². The van der Waals surface area contributed by atoms with E-state index in [0.29, 0.717) is 18.8 Å². The number of hydrogen-bond acceptors (Lipinski definition) is 5. The summed E-state index contributed by atoms with van der Waals surface area (Å²) in [6, 6.07) is 2.07. The molecule has 0 aromatic carbocycles. The first kappa shape index (κ1) is 13.6. The predicted molar refractivity (Wildman–Crippen MR) is 75.5 cm³/mol. The molecule has 0 bridgehead atoms. The van der Waals surface area contributed by atoms with Gasteiger partial charge in [0, 0.05) is 11.3 Å². The number of carbonyl (C=O) groups is 1. The number of thiophene rings is 1. The molecule has 2 aromatic rings. The molecule has 0 atom stereocenters. The molecule has 0 unspecified atom stereocenters. The maximum atomic E-state index is 11.6. The van der Waals surface area contributed by atoms with Crippen LogP contribution in [0.4, 0.5) is 5.82 Å². The van der Waals surface area contributed by atoms with E-state index in [1.165, 1.54) is 17.6 Å². The SMILES string of the molecule is CCc1nc(C(=O)OC)c(N)n1Cc1sccc1C. The van der Waals surface area contributed by atoms with Crippen LogP contribution in [-0.4, -0.2) is 22.6 Å². The van der Waals surface area contributed by atoms with Crippen LogP contribution in [0.3, 0.4) is 0 Å². The van der Waals surface area contributed by atoms with Gasteiger partial charge in [-0.1, -0.05) is 6.92 Å². The van der Waals surface area contributed by atoms with Gasteiger partial charge in [-0.25, -0.2) is 9.78 Å². The molecule has 0 fully saturated rings. The maximum absolute atomic E-state index is 11.6. The molecule has 6 heteroatoms. The number of aryl methyl sites for hydroxylation is 2. The highest BCUT2D eigenvalue weighted by molar-refractivity contribution is 7.10. The lowest BCUT2D eigenvalue weighted by Crippen LogP contribution is -2.10. The Labute approximate surface area is 116 Å². The fourth-order valence-electron chi connectivity index (χ4n) is 1.92. The number of anilines is 1. The van der Waals surface area contributed by atoms with Crippen LogP contribution in [-0.2, 0) is 17.7 Å². The number of nitrogens with two attached hydrogens (primary N) is 1. The van der Waals surface area contributed by atoms with E-state index in [0.717, 1.165) is 5.82 Å². The minimum Gasteiger partial charge on any atom is -0.464 e. The van der Waals surface area contributed by atoms with Gasteiger partial charge in [-0.2, -0.15) is 0 Å². The fourth-order valence-corrected chi connectivity index (χ4v) is 2.81. The van der Waals surface area contributed by atoms with Crippen molar-refractivity contribution in [3.8, 4) is 0 Å². The lowest BCUT2D eigenvalue weighted by molar-refractivity contribution is 0.0595. The highest BCUT2D eigenvalue weighted by Gasteiger charge is 2.20. The van der Waals surface area contributed by atoms with E-state index < -0.39 is 5.97 Å². The molecule has 0 amide bonds. The van der Waals surface area contributed by atoms with Crippen LogP contribution in [0, 0.1) is 6.92 Å². The summed E-state index contributed by atoms with van der Waals surface area (Å²) in [6.07, 6.45) is 0.714. The lowest BCUT2D eigenvalue weighted by atomic mass is 10.3. The number of rotatable bonds is 4. The summed E-state index contributed by atoms with van der Waals surface area (Å²) in [5.41, 5.74) is 7.45. The predicted octanol–water partition coefficient (Wildman–Crippen LogP) is 2.23. The largest absolute Gasteiger partial charge is 0.464 e. The van der Waals surface area contributed by atoms with Crippen molar-refractivity contribution >= 4 is 23.1 Å². The second-order valence-electron chi connectivity index (χ2n) is 4.22. The Balaban J connectivity index is 2.42.